The molecule has 0 aliphatic heterocycles. The van der Waals surface area contributed by atoms with Gasteiger partial charge in [-0.25, -0.2) is 4.79 Å². The zero-order valence-corrected chi connectivity index (χ0v) is 19.8. The number of carbonyl (C=O) groups excluding carboxylic acids is 1. The monoisotopic (exact) mass is 447 g/mol. The molecular formula is C21H32F3NO4Si. The third-order valence-electron chi connectivity index (χ3n) is 5.47. The maximum absolute atomic E-state index is 13.0. The summed E-state index contributed by atoms with van der Waals surface area (Å²) in [7, 11) is -2.52. The first-order valence-electron chi connectivity index (χ1n) is 9.65. The third-order valence-corrected chi connectivity index (χ3v) is 9.93. The van der Waals surface area contributed by atoms with Gasteiger partial charge in [-0.3, -0.25) is 4.90 Å². The van der Waals surface area contributed by atoms with Crippen LogP contribution in [0.15, 0.2) is 24.3 Å². The summed E-state index contributed by atoms with van der Waals surface area (Å²) >= 11 is 0. The first-order chi connectivity index (χ1) is 13.3. The van der Waals surface area contributed by atoms with Crippen molar-refractivity contribution in [1.29, 1.82) is 0 Å². The lowest BCUT2D eigenvalue weighted by Gasteiger charge is -2.45. The summed E-state index contributed by atoms with van der Waals surface area (Å²) in [5.74, 6) is 0. The predicted molar refractivity (Wildman–Crippen MR) is 112 cm³/mol. The predicted octanol–water partition coefficient (Wildman–Crippen LogP) is 6.11. The Morgan fingerprint density at radius 1 is 1.07 bits per heavy atom. The van der Waals surface area contributed by atoms with Crippen LogP contribution in [0.5, 0.6) is 0 Å². The number of alkyl halides is 3. The number of amides is 1. The normalized spacial score (nSPS) is 15.4. The van der Waals surface area contributed by atoms with E-state index in [1.807, 2.05) is 33.9 Å². The van der Waals surface area contributed by atoms with Gasteiger partial charge in [-0.15, -0.1) is 0 Å². The molecule has 1 rings (SSSR count). The van der Waals surface area contributed by atoms with Crippen molar-refractivity contribution >= 4 is 20.7 Å². The molecule has 1 amide bonds. The highest BCUT2D eigenvalue weighted by Gasteiger charge is 2.45. The van der Waals surface area contributed by atoms with Crippen molar-refractivity contribution in [2.45, 2.75) is 83.5 Å². The number of carboxylic acid groups (broad SMARTS) is 1. The third kappa shape index (κ3) is 6.07. The molecule has 0 aliphatic rings. The first kappa shape index (κ1) is 26.2. The molecule has 30 heavy (non-hydrogen) atoms. The summed E-state index contributed by atoms with van der Waals surface area (Å²) in [4.78, 5) is 25.1. The van der Waals surface area contributed by atoms with E-state index in [-0.39, 0.29) is 5.04 Å². The Bertz CT molecular complexity index is 749. The Balaban J connectivity index is 3.60. The molecule has 1 N–H and O–H groups in total. The van der Waals surface area contributed by atoms with Gasteiger partial charge in [-0.2, -0.15) is 13.2 Å². The van der Waals surface area contributed by atoms with Crippen LogP contribution in [0, 0.1) is 0 Å². The molecule has 0 spiro atoms. The van der Waals surface area contributed by atoms with E-state index in [9.17, 15) is 27.9 Å². The molecule has 0 saturated carbocycles. The average molecular weight is 448 g/mol. The van der Waals surface area contributed by atoms with Gasteiger partial charge in [0, 0.05) is 5.54 Å². The van der Waals surface area contributed by atoms with Crippen molar-refractivity contribution in [3.63, 3.8) is 0 Å². The van der Waals surface area contributed by atoms with Gasteiger partial charge in [0.25, 0.3) is 0 Å². The number of hydrogen-bond acceptors (Lipinski definition) is 3. The van der Waals surface area contributed by atoms with Crippen LogP contribution in [-0.2, 0) is 15.4 Å². The van der Waals surface area contributed by atoms with Gasteiger partial charge in [-0.05, 0) is 56.6 Å². The minimum Gasteiger partial charge on any atom is -0.465 e. The smallest absolute Gasteiger partial charge is 0.416 e. The largest absolute Gasteiger partial charge is 0.465 e. The van der Waals surface area contributed by atoms with Crippen molar-refractivity contribution in [3.05, 3.63) is 35.4 Å². The molecule has 1 aromatic rings. The van der Waals surface area contributed by atoms with Gasteiger partial charge in [-0.1, -0.05) is 32.9 Å². The average Bonchev–Trinajstić information content (AvgIpc) is 2.54. The van der Waals surface area contributed by atoms with Crippen LogP contribution in [-0.4, -0.2) is 42.3 Å². The summed E-state index contributed by atoms with van der Waals surface area (Å²) in [5, 5.41) is 9.53. The van der Waals surface area contributed by atoms with Gasteiger partial charge in [0.05, 0.1) is 11.7 Å². The summed E-state index contributed by atoms with van der Waals surface area (Å²) in [6.45, 7) is 14.8. The number of aldehydes is 1. The van der Waals surface area contributed by atoms with Crippen molar-refractivity contribution in [1.82, 2.24) is 4.90 Å². The molecule has 0 aliphatic carbocycles. The highest BCUT2D eigenvalue weighted by Crippen LogP contribution is 2.42. The maximum atomic E-state index is 13.0. The fraction of sp³-hybridized carbons (Fsp3) is 0.619. The second-order valence-corrected chi connectivity index (χ2v) is 14.6. The van der Waals surface area contributed by atoms with E-state index >= 15 is 0 Å². The number of carbonyl (C=O) groups is 2. The standard InChI is InChI=1S/C21H32F3NO4Si/c1-19(2,3)25(18(27)28)16(13-26)17(29-30(7,8)20(4,5)6)14-9-11-15(12-10-14)21(22,23)24/h9-13,16-17H,1-8H3,(H,27,28)/t16-,17+/m1/s1. The molecule has 2 atom stereocenters. The topological polar surface area (TPSA) is 66.8 Å². The second-order valence-electron chi connectivity index (χ2n) is 9.87. The van der Waals surface area contributed by atoms with Gasteiger partial charge < -0.3 is 14.3 Å². The molecule has 0 saturated heterocycles. The Morgan fingerprint density at radius 2 is 1.53 bits per heavy atom. The number of rotatable bonds is 6. The number of benzene rings is 1. The molecule has 0 bridgehead atoms. The molecule has 0 radical (unpaired) electrons. The Morgan fingerprint density at radius 3 is 1.83 bits per heavy atom. The van der Waals surface area contributed by atoms with Crippen LogP contribution in [0.2, 0.25) is 18.1 Å². The van der Waals surface area contributed by atoms with Crippen LogP contribution >= 0.6 is 0 Å². The summed E-state index contributed by atoms with van der Waals surface area (Å²) < 4.78 is 45.4. The Kier molecular flexibility index (Phi) is 7.59. The summed E-state index contributed by atoms with van der Waals surface area (Å²) in [6.07, 6.45) is -6.36. The Labute approximate surface area is 177 Å². The van der Waals surface area contributed by atoms with E-state index < -0.39 is 43.8 Å². The minimum atomic E-state index is -4.50. The molecule has 0 heterocycles. The second kappa shape index (κ2) is 8.70. The van der Waals surface area contributed by atoms with E-state index in [2.05, 4.69) is 0 Å². The highest BCUT2D eigenvalue weighted by molar-refractivity contribution is 6.74. The van der Waals surface area contributed by atoms with Gasteiger partial charge in [0.1, 0.15) is 12.3 Å². The van der Waals surface area contributed by atoms with Crippen LogP contribution in [0.25, 0.3) is 0 Å². The van der Waals surface area contributed by atoms with Crippen LogP contribution in [0.3, 0.4) is 0 Å². The molecule has 0 unspecified atom stereocenters. The van der Waals surface area contributed by atoms with E-state index in [0.29, 0.717) is 11.8 Å². The lowest BCUT2D eigenvalue weighted by atomic mass is 9.96. The van der Waals surface area contributed by atoms with E-state index in [1.54, 1.807) is 20.8 Å². The van der Waals surface area contributed by atoms with Gasteiger partial charge in [0.15, 0.2) is 8.32 Å². The number of nitrogens with zero attached hydrogens (tertiary/aromatic N) is 1. The molecule has 0 fully saturated rings. The fourth-order valence-corrected chi connectivity index (χ4v) is 4.08. The van der Waals surface area contributed by atoms with E-state index in [0.717, 1.165) is 17.0 Å². The molecular weight excluding hydrogens is 415 g/mol. The molecule has 5 nitrogen and oxygen atoms in total. The van der Waals surface area contributed by atoms with Crippen molar-refractivity contribution < 1.29 is 32.3 Å². The quantitative estimate of drug-likeness (QED) is 0.422. The van der Waals surface area contributed by atoms with Crippen molar-refractivity contribution in [2.75, 3.05) is 0 Å². The zero-order valence-electron chi connectivity index (χ0n) is 18.8. The lowest BCUT2D eigenvalue weighted by Crippen LogP contribution is -2.56. The van der Waals surface area contributed by atoms with Crippen LogP contribution in [0.4, 0.5) is 18.0 Å². The maximum Gasteiger partial charge on any atom is 0.416 e. The van der Waals surface area contributed by atoms with Gasteiger partial charge >= 0.3 is 12.3 Å². The summed E-state index contributed by atoms with van der Waals surface area (Å²) in [6, 6.07) is 3.11. The van der Waals surface area contributed by atoms with Crippen molar-refractivity contribution in [3.8, 4) is 0 Å². The van der Waals surface area contributed by atoms with Gasteiger partial charge in [0.2, 0.25) is 0 Å². The fourth-order valence-electron chi connectivity index (χ4n) is 2.82. The lowest BCUT2D eigenvalue weighted by molar-refractivity contribution is -0.137. The highest BCUT2D eigenvalue weighted by atomic mass is 28.4. The van der Waals surface area contributed by atoms with Crippen LogP contribution < -0.4 is 0 Å². The van der Waals surface area contributed by atoms with E-state index in [4.69, 9.17) is 4.43 Å². The minimum absolute atomic E-state index is 0.264. The first-order valence-corrected chi connectivity index (χ1v) is 12.6. The number of halogens is 3. The van der Waals surface area contributed by atoms with E-state index in [1.165, 1.54) is 12.1 Å². The molecule has 9 heteroatoms. The Hall–Kier alpha value is -1.87. The molecule has 1 aromatic carbocycles. The summed E-state index contributed by atoms with van der Waals surface area (Å²) in [5.41, 5.74) is -1.44. The van der Waals surface area contributed by atoms with Crippen LogP contribution in [0.1, 0.15) is 58.8 Å². The SMILES string of the molecule is CC(C)(C)N(C(=O)O)[C@H](C=O)[C@@H](O[Si](C)(C)C(C)(C)C)c1ccc(C(F)(F)F)cc1. The van der Waals surface area contributed by atoms with Crippen molar-refractivity contribution in [2.24, 2.45) is 0 Å². The zero-order chi connectivity index (χ0) is 23.7. The number of hydrogen-bond donors (Lipinski definition) is 1. The molecule has 0 aromatic heterocycles. The molecule has 170 valence electrons.